The van der Waals surface area contributed by atoms with Gasteiger partial charge in [-0.15, -0.1) is 0 Å². The summed E-state index contributed by atoms with van der Waals surface area (Å²) >= 11 is 0. The summed E-state index contributed by atoms with van der Waals surface area (Å²) in [6.07, 6.45) is 7.53. The van der Waals surface area contributed by atoms with Crippen molar-refractivity contribution in [3.05, 3.63) is 41.0 Å². The van der Waals surface area contributed by atoms with E-state index in [1.165, 1.54) is 11.3 Å². The van der Waals surface area contributed by atoms with Gasteiger partial charge in [0.05, 0.1) is 6.42 Å². The van der Waals surface area contributed by atoms with Gasteiger partial charge in [-0.1, -0.05) is 35.8 Å². The number of hydrogen-bond donors (Lipinski definition) is 1. The predicted molar refractivity (Wildman–Crippen MR) is 73.3 cm³/mol. The molecule has 1 aliphatic heterocycles. The molecule has 1 aromatic carbocycles. The molecular formula is C17H13N. The molecule has 1 nitrogen and oxygen atoms in total. The van der Waals surface area contributed by atoms with Crippen LogP contribution in [0.1, 0.15) is 41.9 Å². The van der Waals surface area contributed by atoms with Crippen LogP contribution in [0.25, 0.3) is 0 Å². The Hall–Kier alpha value is -2.12. The fourth-order valence-corrected chi connectivity index (χ4v) is 3.10. The number of nitrogens with one attached hydrogen (secondary N) is 1. The van der Waals surface area contributed by atoms with Crippen LogP contribution < -0.4 is 5.32 Å². The second kappa shape index (κ2) is 3.69. The SMILES string of the molecule is C1#Cc2cc3c(cc2C#CC1)C1CC=CCC1N3. The van der Waals surface area contributed by atoms with Gasteiger partial charge in [0.15, 0.2) is 0 Å². The zero-order valence-corrected chi connectivity index (χ0v) is 10.1. The first-order valence-corrected chi connectivity index (χ1v) is 6.49. The van der Waals surface area contributed by atoms with Gasteiger partial charge >= 0.3 is 0 Å². The average Bonchev–Trinajstić information content (AvgIpc) is 2.59. The van der Waals surface area contributed by atoms with Gasteiger partial charge in [-0.3, -0.25) is 0 Å². The van der Waals surface area contributed by atoms with Crippen molar-refractivity contribution >= 4 is 5.69 Å². The molecule has 0 spiro atoms. The van der Waals surface area contributed by atoms with Crippen LogP contribution in [0.5, 0.6) is 0 Å². The standard InChI is InChI=1S/C17H13N/c1-2-6-12-10-15-14-8-4-5-9-16(14)18-17(15)11-13(12)7-3-1/h4-5,10-11,14,16,18H,1,8-9H2. The van der Waals surface area contributed by atoms with Crippen molar-refractivity contribution < 1.29 is 0 Å². The summed E-state index contributed by atoms with van der Waals surface area (Å²) in [5, 5.41) is 3.64. The summed E-state index contributed by atoms with van der Waals surface area (Å²) in [5.41, 5.74) is 4.89. The quantitative estimate of drug-likeness (QED) is 0.534. The van der Waals surface area contributed by atoms with Crippen LogP contribution in [0.3, 0.4) is 0 Å². The zero-order valence-electron chi connectivity index (χ0n) is 10.1. The number of rotatable bonds is 0. The lowest BCUT2D eigenvalue weighted by molar-refractivity contribution is 0.581. The monoisotopic (exact) mass is 231 g/mol. The zero-order chi connectivity index (χ0) is 11.9. The minimum atomic E-state index is 0.567. The van der Waals surface area contributed by atoms with Gasteiger partial charge in [-0.05, 0) is 30.5 Å². The lowest BCUT2D eigenvalue weighted by Gasteiger charge is -2.21. The highest BCUT2D eigenvalue weighted by Crippen LogP contribution is 2.42. The van der Waals surface area contributed by atoms with Gasteiger partial charge in [0.1, 0.15) is 0 Å². The van der Waals surface area contributed by atoms with Gasteiger partial charge in [0, 0.05) is 28.8 Å². The summed E-state index contributed by atoms with van der Waals surface area (Å²) < 4.78 is 0. The van der Waals surface area contributed by atoms with Gasteiger partial charge < -0.3 is 5.32 Å². The second-order valence-electron chi connectivity index (χ2n) is 5.07. The van der Waals surface area contributed by atoms with Crippen LogP contribution in [0, 0.1) is 23.7 Å². The molecule has 0 fully saturated rings. The summed E-state index contributed by atoms with van der Waals surface area (Å²) in [4.78, 5) is 0. The maximum atomic E-state index is 3.64. The Morgan fingerprint density at radius 3 is 2.67 bits per heavy atom. The molecule has 86 valence electrons. The fraction of sp³-hybridized carbons (Fsp3) is 0.294. The Kier molecular flexibility index (Phi) is 2.02. The number of fused-ring (bicyclic) bond motifs is 4. The van der Waals surface area contributed by atoms with E-state index < -0.39 is 0 Å². The van der Waals surface area contributed by atoms with E-state index in [9.17, 15) is 0 Å². The third kappa shape index (κ3) is 1.38. The Morgan fingerprint density at radius 1 is 1.00 bits per heavy atom. The van der Waals surface area contributed by atoms with Gasteiger partial charge in [-0.2, -0.15) is 0 Å². The Bertz CT molecular complexity index is 673. The third-order valence-corrected chi connectivity index (χ3v) is 3.99. The van der Waals surface area contributed by atoms with Crippen molar-refractivity contribution in [3.8, 4) is 23.7 Å². The molecular weight excluding hydrogens is 218 g/mol. The van der Waals surface area contributed by atoms with Crippen LogP contribution in [0.4, 0.5) is 5.69 Å². The van der Waals surface area contributed by atoms with E-state index >= 15 is 0 Å². The third-order valence-electron chi connectivity index (χ3n) is 3.99. The molecule has 1 aromatic rings. The van der Waals surface area contributed by atoms with E-state index in [4.69, 9.17) is 0 Å². The lowest BCUT2D eigenvalue weighted by atomic mass is 9.85. The van der Waals surface area contributed by atoms with E-state index in [2.05, 4.69) is 53.3 Å². The summed E-state index contributed by atoms with van der Waals surface area (Å²) in [6.45, 7) is 0. The molecule has 2 atom stereocenters. The van der Waals surface area contributed by atoms with E-state index in [1.807, 2.05) is 0 Å². The fourth-order valence-electron chi connectivity index (χ4n) is 3.10. The summed E-state index contributed by atoms with van der Waals surface area (Å²) in [5.74, 6) is 13.3. The van der Waals surface area contributed by atoms with Crippen molar-refractivity contribution in [2.45, 2.75) is 31.2 Å². The maximum absolute atomic E-state index is 3.64. The van der Waals surface area contributed by atoms with Crippen molar-refractivity contribution in [2.75, 3.05) is 5.32 Å². The number of allylic oxidation sites excluding steroid dienone is 1. The molecule has 18 heavy (non-hydrogen) atoms. The maximum Gasteiger partial charge on any atom is 0.0710 e. The van der Waals surface area contributed by atoms with E-state index in [0.717, 1.165) is 24.0 Å². The van der Waals surface area contributed by atoms with Crippen molar-refractivity contribution in [1.29, 1.82) is 0 Å². The molecule has 2 aliphatic carbocycles. The predicted octanol–water partition coefficient (Wildman–Crippen LogP) is 3.02. The number of anilines is 1. The first-order valence-electron chi connectivity index (χ1n) is 6.49. The molecule has 1 N–H and O–H groups in total. The first-order chi connectivity index (χ1) is 8.92. The Morgan fingerprint density at radius 2 is 1.78 bits per heavy atom. The molecule has 0 radical (unpaired) electrons. The molecule has 1 heteroatoms. The van der Waals surface area contributed by atoms with E-state index in [1.54, 1.807) is 0 Å². The Balaban J connectivity index is 1.87. The van der Waals surface area contributed by atoms with Crippen LogP contribution in [-0.4, -0.2) is 6.04 Å². The van der Waals surface area contributed by atoms with E-state index in [0.29, 0.717) is 18.4 Å². The van der Waals surface area contributed by atoms with Crippen LogP contribution >= 0.6 is 0 Å². The molecule has 0 aromatic heterocycles. The molecule has 0 saturated heterocycles. The van der Waals surface area contributed by atoms with Crippen molar-refractivity contribution in [3.63, 3.8) is 0 Å². The summed E-state index contributed by atoms with van der Waals surface area (Å²) in [7, 11) is 0. The second-order valence-corrected chi connectivity index (χ2v) is 5.07. The molecule has 4 rings (SSSR count). The molecule has 0 amide bonds. The van der Waals surface area contributed by atoms with Crippen LogP contribution in [-0.2, 0) is 0 Å². The van der Waals surface area contributed by atoms with Crippen LogP contribution in [0.15, 0.2) is 24.3 Å². The molecule has 1 heterocycles. The average molecular weight is 231 g/mol. The van der Waals surface area contributed by atoms with Crippen molar-refractivity contribution in [2.24, 2.45) is 0 Å². The summed E-state index contributed by atoms with van der Waals surface area (Å²) in [6, 6.07) is 5.02. The highest BCUT2D eigenvalue weighted by atomic mass is 15.0. The minimum Gasteiger partial charge on any atom is -0.381 e. The lowest BCUT2D eigenvalue weighted by Crippen LogP contribution is -2.21. The molecule has 2 unspecified atom stereocenters. The van der Waals surface area contributed by atoms with Gasteiger partial charge in [0.2, 0.25) is 0 Å². The minimum absolute atomic E-state index is 0.567. The number of hydrogen-bond acceptors (Lipinski definition) is 1. The highest BCUT2D eigenvalue weighted by Gasteiger charge is 2.32. The normalized spacial score (nSPS) is 25.3. The molecule has 0 saturated carbocycles. The molecule has 3 aliphatic rings. The van der Waals surface area contributed by atoms with Crippen LogP contribution in [0.2, 0.25) is 0 Å². The smallest absolute Gasteiger partial charge is 0.0710 e. The highest BCUT2D eigenvalue weighted by molar-refractivity contribution is 5.68. The van der Waals surface area contributed by atoms with Gasteiger partial charge in [0.25, 0.3) is 0 Å². The number of benzene rings is 1. The Labute approximate surface area is 107 Å². The largest absolute Gasteiger partial charge is 0.381 e. The first kappa shape index (κ1) is 9.86. The topological polar surface area (TPSA) is 12.0 Å². The van der Waals surface area contributed by atoms with E-state index in [-0.39, 0.29) is 0 Å². The molecule has 0 bridgehead atoms. The van der Waals surface area contributed by atoms with Crippen molar-refractivity contribution in [1.82, 2.24) is 0 Å². The van der Waals surface area contributed by atoms with Gasteiger partial charge in [-0.25, -0.2) is 0 Å².